The van der Waals surface area contributed by atoms with Crippen molar-refractivity contribution >= 4 is 11.9 Å². The molecule has 0 radical (unpaired) electrons. The van der Waals surface area contributed by atoms with Gasteiger partial charge in [-0.15, -0.1) is 0 Å². The van der Waals surface area contributed by atoms with Gasteiger partial charge >= 0.3 is 18.3 Å². The van der Waals surface area contributed by atoms with E-state index in [2.05, 4.69) is 11.8 Å². The van der Waals surface area contributed by atoms with Gasteiger partial charge in [0.15, 0.2) is 6.73 Å². The molecule has 0 aromatic heterocycles. The topological polar surface area (TPSA) is 99.5 Å². The third-order valence-corrected chi connectivity index (χ3v) is 8.49. The molecule has 14 heteroatoms. The van der Waals surface area contributed by atoms with Gasteiger partial charge in [-0.05, 0) is 61.1 Å². The van der Waals surface area contributed by atoms with Crippen molar-refractivity contribution in [2.75, 3.05) is 26.4 Å². The van der Waals surface area contributed by atoms with Crippen LogP contribution in [0.5, 0.6) is 5.75 Å². The van der Waals surface area contributed by atoms with Crippen LogP contribution in [-0.4, -0.2) is 70.1 Å². The number of piperidine rings is 1. The van der Waals surface area contributed by atoms with Gasteiger partial charge in [0.1, 0.15) is 5.75 Å². The zero-order valence-corrected chi connectivity index (χ0v) is 23.0. The summed E-state index contributed by atoms with van der Waals surface area (Å²) in [4.78, 5) is 27.6. The van der Waals surface area contributed by atoms with Crippen LogP contribution < -0.4 is 4.74 Å². The summed E-state index contributed by atoms with van der Waals surface area (Å²) in [6.45, 7) is 2.05. The molecule has 234 valence electrons. The summed E-state index contributed by atoms with van der Waals surface area (Å²) in [6.07, 6.45) is -9.20. The Morgan fingerprint density at radius 2 is 1.79 bits per heavy atom. The molecule has 0 bridgehead atoms. The van der Waals surface area contributed by atoms with Gasteiger partial charge in [-0.3, -0.25) is 9.69 Å². The normalized spacial score (nSPS) is 26.9. The molecule has 2 N–H and O–H groups in total. The number of carboxylic acid groups (broad SMARTS) is 1. The van der Waals surface area contributed by atoms with Crippen molar-refractivity contribution in [3.63, 3.8) is 0 Å². The number of ether oxygens (including phenoxy) is 2. The Labute approximate surface area is 242 Å². The SMILES string of the molecule is C[C@H]1CN([C@@H]2CC[C@](O)(C(=O)N3COc4c(cc(C(F)(F)F)cc4C(F)(F)F)C3)OC2)CC[C@@H]1c1cccc(C(=O)O)c1. The summed E-state index contributed by atoms with van der Waals surface area (Å²) in [5.41, 5.74) is -2.43. The van der Waals surface area contributed by atoms with Crippen molar-refractivity contribution in [2.45, 2.75) is 62.8 Å². The molecule has 2 fully saturated rings. The Hall–Kier alpha value is -3.36. The average Bonchev–Trinajstić information content (AvgIpc) is 2.95. The first-order valence-electron chi connectivity index (χ1n) is 13.7. The molecule has 8 nitrogen and oxygen atoms in total. The zero-order chi connectivity index (χ0) is 31.3. The maximum atomic E-state index is 13.5. The minimum Gasteiger partial charge on any atom is -0.478 e. The van der Waals surface area contributed by atoms with Crippen molar-refractivity contribution in [3.05, 3.63) is 64.2 Å². The molecule has 0 aliphatic carbocycles. The van der Waals surface area contributed by atoms with E-state index in [0.717, 1.165) is 16.9 Å². The lowest BCUT2D eigenvalue weighted by Crippen LogP contribution is -2.58. The summed E-state index contributed by atoms with van der Waals surface area (Å²) < 4.78 is 91.2. The molecule has 0 unspecified atom stereocenters. The van der Waals surface area contributed by atoms with Gasteiger partial charge in [-0.2, -0.15) is 26.3 Å². The number of nitrogens with zero attached hydrogens (tertiary/aromatic N) is 2. The third-order valence-electron chi connectivity index (χ3n) is 8.49. The van der Waals surface area contributed by atoms with Crippen molar-refractivity contribution in [3.8, 4) is 5.75 Å². The number of likely N-dealkylation sites (tertiary alicyclic amines) is 1. The molecular formula is C29H30F6N2O6. The number of carboxylic acids is 1. The fraction of sp³-hybridized carbons (Fsp3) is 0.517. The zero-order valence-electron chi connectivity index (χ0n) is 23.0. The minimum absolute atomic E-state index is 0.0180. The molecule has 2 aromatic rings. The van der Waals surface area contributed by atoms with Gasteiger partial charge in [0.05, 0.1) is 29.8 Å². The summed E-state index contributed by atoms with van der Waals surface area (Å²) in [6, 6.07) is 7.21. The van der Waals surface area contributed by atoms with Crippen molar-refractivity contribution in [2.24, 2.45) is 5.92 Å². The van der Waals surface area contributed by atoms with Gasteiger partial charge in [-0.25, -0.2) is 4.79 Å². The fourth-order valence-electron chi connectivity index (χ4n) is 6.24. The number of benzene rings is 2. The highest BCUT2D eigenvalue weighted by molar-refractivity contribution is 5.87. The van der Waals surface area contributed by atoms with Crippen LogP contribution in [0.2, 0.25) is 0 Å². The van der Waals surface area contributed by atoms with Crippen LogP contribution >= 0.6 is 0 Å². The average molecular weight is 617 g/mol. The number of carbonyl (C=O) groups excluding carboxylic acids is 1. The Balaban J connectivity index is 1.22. The van der Waals surface area contributed by atoms with Gasteiger partial charge in [0, 0.05) is 24.6 Å². The molecule has 43 heavy (non-hydrogen) atoms. The predicted molar refractivity (Wildman–Crippen MR) is 138 cm³/mol. The van der Waals surface area contributed by atoms with E-state index >= 15 is 0 Å². The molecule has 5 rings (SSSR count). The largest absolute Gasteiger partial charge is 0.478 e. The standard InChI is InChI=1S/C29H30F6N2O6/c1-16-12-36(8-6-22(16)17-3-2-4-18(9-17)25(38)39)21-5-7-27(41,43-14-21)26(40)37-13-19-10-20(28(30,31)32)11-23(29(33,34)35)24(19)42-15-37/h2-4,9-11,16,21-22,41H,5-8,12-15H2,1H3,(H,38,39)/t16-,21+,22-,27+/m0/s1. The molecule has 4 atom stereocenters. The lowest BCUT2D eigenvalue weighted by molar-refractivity contribution is -0.242. The Bertz CT molecular complexity index is 1390. The predicted octanol–water partition coefficient (Wildman–Crippen LogP) is 5.09. The summed E-state index contributed by atoms with van der Waals surface area (Å²) in [5, 5.41) is 20.4. The molecule has 2 saturated heterocycles. The number of carbonyl (C=O) groups is 2. The number of alkyl halides is 6. The number of rotatable bonds is 4. The molecule has 3 heterocycles. The third kappa shape index (κ3) is 6.31. The van der Waals surface area contributed by atoms with Crippen molar-refractivity contribution in [1.29, 1.82) is 0 Å². The smallest absolute Gasteiger partial charge is 0.419 e. The first kappa shape index (κ1) is 31.1. The van der Waals surface area contributed by atoms with Gasteiger partial charge in [0.2, 0.25) is 5.79 Å². The number of amides is 1. The van der Waals surface area contributed by atoms with E-state index in [4.69, 9.17) is 9.47 Å². The quantitative estimate of drug-likeness (QED) is 0.462. The van der Waals surface area contributed by atoms with E-state index in [9.17, 15) is 46.1 Å². The van der Waals surface area contributed by atoms with Crippen LogP contribution in [0.1, 0.15) is 64.7 Å². The Morgan fingerprint density at radius 3 is 2.40 bits per heavy atom. The molecule has 1 amide bonds. The molecule has 2 aromatic carbocycles. The first-order valence-corrected chi connectivity index (χ1v) is 13.7. The lowest BCUT2D eigenvalue weighted by atomic mass is 9.80. The van der Waals surface area contributed by atoms with Crippen LogP contribution in [0.4, 0.5) is 26.3 Å². The van der Waals surface area contributed by atoms with E-state index in [1.807, 2.05) is 6.07 Å². The first-order chi connectivity index (χ1) is 20.1. The number of aromatic carboxylic acids is 1. The summed E-state index contributed by atoms with van der Waals surface area (Å²) in [7, 11) is 0. The maximum absolute atomic E-state index is 13.5. The monoisotopic (exact) mass is 616 g/mol. The van der Waals surface area contributed by atoms with E-state index in [0.29, 0.717) is 25.6 Å². The second kappa shape index (κ2) is 11.3. The van der Waals surface area contributed by atoms with Crippen molar-refractivity contribution in [1.82, 2.24) is 9.80 Å². The van der Waals surface area contributed by atoms with Crippen LogP contribution in [0.25, 0.3) is 0 Å². The van der Waals surface area contributed by atoms with E-state index in [-0.39, 0.29) is 42.5 Å². The van der Waals surface area contributed by atoms with Crippen molar-refractivity contribution < 1.29 is 55.6 Å². The van der Waals surface area contributed by atoms with Gasteiger partial charge < -0.3 is 24.6 Å². The lowest BCUT2D eigenvalue weighted by Gasteiger charge is -2.45. The number of aliphatic hydroxyl groups is 1. The number of hydrogen-bond donors (Lipinski definition) is 2. The fourth-order valence-corrected chi connectivity index (χ4v) is 6.24. The summed E-state index contributed by atoms with van der Waals surface area (Å²) in [5.74, 6) is -4.77. The maximum Gasteiger partial charge on any atom is 0.419 e. The van der Waals surface area contributed by atoms with E-state index in [1.54, 1.807) is 18.2 Å². The number of halogens is 6. The molecule has 3 aliphatic heterocycles. The Kier molecular flexibility index (Phi) is 8.16. The summed E-state index contributed by atoms with van der Waals surface area (Å²) >= 11 is 0. The van der Waals surface area contributed by atoms with Gasteiger partial charge in [-0.1, -0.05) is 19.1 Å². The van der Waals surface area contributed by atoms with Gasteiger partial charge in [0.25, 0.3) is 5.91 Å². The van der Waals surface area contributed by atoms with Crippen LogP contribution in [0.15, 0.2) is 36.4 Å². The number of hydrogen-bond acceptors (Lipinski definition) is 6. The van der Waals surface area contributed by atoms with Crippen LogP contribution in [0.3, 0.4) is 0 Å². The van der Waals surface area contributed by atoms with Crippen LogP contribution in [-0.2, 0) is 28.4 Å². The number of fused-ring (bicyclic) bond motifs is 1. The second-order valence-corrected chi connectivity index (χ2v) is 11.4. The molecular weight excluding hydrogens is 586 g/mol. The molecule has 3 aliphatic rings. The second-order valence-electron chi connectivity index (χ2n) is 11.4. The van der Waals surface area contributed by atoms with E-state index < -0.39 is 65.7 Å². The Morgan fingerprint density at radius 1 is 1.05 bits per heavy atom. The highest BCUT2D eigenvalue weighted by Crippen LogP contribution is 2.44. The van der Waals surface area contributed by atoms with E-state index in [1.165, 1.54) is 0 Å². The molecule has 0 saturated carbocycles. The van der Waals surface area contributed by atoms with Crippen LogP contribution in [0, 0.1) is 5.92 Å². The molecule has 0 spiro atoms. The minimum atomic E-state index is -5.12. The highest BCUT2D eigenvalue weighted by Gasteiger charge is 2.48. The highest BCUT2D eigenvalue weighted by atomic mass is 19.4.